The highest BCUT2D eigenvalue weighted by Gasteiger charge is 2.20. The maximum Gasteiger partial charge on any atom is 0.349 e. The smallest absolute Gasteiger partial charge is 0.349 e. The molecule has 0 aliphatic heterocycles. The number of halogens is 1. The lowest BCUT2D eigenvalue weighted by Crippen LogP contribution is -2.16. The largest absolute Gasteiger partial charge is 0.462 e. The molecule has 0 unspecified atom stereocenters. The third-order valence-corrected chi connectivity index (χ3v) is 5.30. The van der Waals surface area contributed by atoms with Crippen molar-refractivity contribution in [3.05, 3.63) is 56.4 Å². The first-order chi connectivity index (χ1) is 10.6. The van der Waals surface area contributed by atoms with E-state index in [4.69, 9.17) is 4.74 Å². The Morgan fingerprint density at radius 3 is 2.91 bits per heavy atom. The highest BCUT2D eigenvalue weighted by molar-refractivity contribution is 9.10. The van der Waals surface area contributed by atoms with E-state index in [2.05, 4.69) is 20.9 Å². The summed E-state index contributed by atoms with van der Waals surface area (Å²) >= 11 is 4.65. The van der Waals surface area contributed by atoms with Crippen molar-refractivity contribution in [1.29, 1.82) is 0 Å². The van der Waals surface area contributed by atoms with E-state index < -0.39 is 5.97 Å². The van der Waals surface area contributed by atoms with Crippen LogP contribution in [0.4, 0.5) is 0 Å². The van der Waals surface area contributed by atoms with Crippen LogP contribution in [0, 0.1) is 0 Å². The molecule has 0 spiro atoms. The van der Waals surface area contributed by atoms with Crippen molar-refractivity contribution >= 4 is 43.5 Å². The molecule has 0 fully saturated rings. The molecule has 0 amide bonds. The topological polar surface area (TPSA) is 61.2 Å². The molecule has 0 bridgehead atoms. The van der Waals surface area contributed by atoms with Crippen LogP contribution >= 0.6 is 27.3 Å². The fourth-order valence-electron chi connectivity index (χ4n) is 2.11. The van der Waals surface area contributed by atoms with E-state index in [-0.39, 0.29) is 5.56 Å². The minimum Gasteiger partial charge on any atom is -0.462 e. The number of fused-ring (bicyclic) bond motifs is 1. The van der Waals surface area contributed by atoms with E-state index >= 15 is 0 Å². The lowest BCUT2D eigenvalue weighted by molar-refractivity contribution is 0.0531. The second-order valence-corrected chi connectivity index (χ2v) is 6.19. The molecule has 3 heterocycles. The molecular formula is C15H11BrN2O3S. The van der Waals surface area contributed by atoms with Crippen molar-refractivity contribution < 1.29 is 9.53 Å². The third-order valence-electron chi connectivity index (χ3n) is 3.05. The summed E-state index contributed by atoms with van der Waals surface area (Å²) in [6.07, 6.45) is 3.25. The molecule has 0 aliphatic rings. The zero-order valence-corrected chi connectivity index (χ0v) is 14.0. The van der Waals surface area contributed by atoms with Crippen molar-refractivity contribution in [1.82, 2.24) is 9.55 Å². The molecule has 0 aliphatic carbocycles. The average Bonchev–Trinajstić information content (AvgIpc) is 2.85. The van der Waals surface area contributed by atoms with E-state index in [9.17, 15) is 9.59 Å². The van der Waals surface area contributed by atoms with E-state index in [0.29, 0.717) is 26.5 Å². The number of ether oxygens (including phenoxy) is 1. The highest BCUT2D eigenvalue weighted by atomic mass is 79.9. The summed E-state index contributed by atoms with van der Waals surface area (Å²) in [6.45, 7) is 2.06. The van der Waals surface area contributed by atoms with Gasteiger partial charge in [-0.2, -0.15) is 0 Å². The van der Waals surface area contributed by atoms with Crippen LogP contribution in [0.1, 0.15) is 16.6 Å². The number of esters is 1. The second kappa shape index (κ2) is 6.02. The van der Waals surface area contributed by atoms with Gasteiger partial charge in [-0.25, -0.2) is 4.79 Å². The molecule has 0 saturated heterocycles. The standard InChI is InChI=1S/C15H11BrN2O3S/c1-2-21-15(20)13-12(16)10-5-6-11(19)18(14(10)22-13)9-4-3-7-17-8-9/h3-8H,2H2,1H3. The van der Waals surface area contributed by atoms with Crippen LogP contribution in [0.3, 0.4) is 0 Å². The summed E-state index contributed by atoms with van der Waals surface area (Å²) in [5.74, 6) is -0.402. The Hall–Kier alpha value is -1.99. The van der Waals surface area contributed by atoms with Gasteiger partial charge in [0.15, 0.2) is 0 Å². The third kappa shape index (κ3) is 2.46. The van der Waals surface area contributed by atoms with Crippen LogP contribution in [0.25, 0.3) is 15.9 Å². The van der Waals surface area contributed by atoms with Crippen molar-refractivity contribution in [2.45, 2.75) is 6.92 Å². The van der Waals surface area contributed by atoms with Crippen molar-refractivity contribution in [3.63, 3.8) is 0 Å². The lowest BCUT2D eigenvalue weighted by Gasteiger charge is -2.05. The fraction of sp³-hybridized carbons (Fsp3) is 0.133. The number of hydrogen-bond donors (Lipinski definition) is 0. The molecule has 22 heavy (non-hydrogen) atoms. The van der Waals surface area contributed by atoms with Gasteiger partial charge in [-0.05, 0) is 41.1 Å². The molecule has 7 heteroatoms. The van der Waals surface area contributed by atoms with Gasteiger partial charge in [-0.15, -0.1) is 11.3 Å². The molecule has 0 atom stereocenters. The number of pyridine rings is 2. The van der Waals surface area contributed by atoms with Gasteiger partial charge in [-0.3, -0.25) is 14.3 Å². The van der Waals surface area contributed by atoms with Crippen molar-refractivity contribution in [2.75, 3.05) is 6.61 Å². The second-order valence-electron chi connectivity index (χ2n) is 4.40. The normalized spacial score (nSPS) is 10.8. The summed E-state index contributed by atoms with van der Waals surface area (Å²) in [6, 6.07) is 6.73. The Morgan fingerprint density at radius 2 is 2.23 bits per heavy atom. The lowest BCUT2D eigenvalue weighted by atomic mass is 10.3. The van der Waals surface area contributed by atoms with Gasteiger partial charge in [0.25, 0.3) is 5.56 Å². The zero-order valence-electron chi connectivity index (χ0n) is 11.6. The van der Waals surface area contributed by atoms with Gasteiger partial charge in [0.1, 0.15) is 9.71 Å². The molecule has 0 saturated carbocycles. The molecule has 0 radical (unpaired) electrons. The average molecular weight is 379 g/mol. The summed E-state index contributed by atoms with van der Waals surface area (Å²) in [7, 11) is 0. The van der Waals surface area contributed by atoms with Gasteiger partial charge in [0, 0.05) is 17.6 Å². The van der Waals surface area contributed by atoms with Crippen LogP contribution in [-0.4, -0.2) is 22.1 Å². The molecule has 112 valence electrons. The van der Waals surface area contributed by atoms with Gasteiger partial charge < -0.3 is 4.74 Å². The van der Waals surface area contributed by atoms with E-state index in [1.165, 1.54) is 17.4 Å². The van der Waals surface area contributed by atoms with Crippen LogP contribution < -0.4 is 5.56 Å². The quantitative estimate of drug-likeness (QED) is 0.655. The summed E-state index contributed by atoms with van der Waals surface area (Å²) in [5, 5.41) is 0.788. The molecule has 0 N–H and O–H groups in total. The summed E-state index contributed by atoms with van der Waals surface area (Å²) in [5.41, 5.74) is 0.479. The highest BCUT2D eigenvalue weighted by Crippen LogP contribution is 2.36. The molecular weight excluding hydrogens is 368 g/mol. The van der Waals surface area contributed by atoms with Gasteiger partial charge in [-0.1, -0.05) is 0 Å². The summed E-state index contributed by atoms with van der Waals surface area (Å²) in [4.78, 5) is 29.5. The first-order valence-electron chi connectivity index (χ1n) is 6.55. The minimum absolute atomic E-state index is 0.176. The molecule has 3 rings (SSSR count). The van der Waals surface area contributed by atoms with Crippen LogP contribution in [0.2, 0.25) is 0 Å². The number of aromatic nitrogens is 2. The maximum absolute atomic E-state index is 12.3. The SMILES string of the molecule is CCOC(=O)c1sc2c(ccc(=O)n2-c2cccnc2)c1Br. The van der Waals surface area contributed by atoms with Gasteiger partial charge in [0.05, 0.1) is 23.0 Å². The van der Waals surface area contributed by atoms with Crippen LogP contribution in [0.5, 0.6) is 0 Å². The number of nitrogens with zero attached hydrogens (tertiary/aromatic N) is 2. The maximum atomic E-state index is 12.3. The fourth-order valence-corrected chi connectivity index (χ4v) is 4.07. The molecule has 5 nitrogen and oxygen atoms in total. The Bertz CT molecular complexity index is 902. The Kier molecular flexibility index (Phi) is 4.08. The number of thiophene rings is 1. The Balaban J connectivity index is 2.30. The predicted molar refractivity (Wildman–Crippen MR) is 88.9 cm³/mol. The zero-order chi connectivity index (χ0) is 15.7. The van der Waals surface area contributed by atoms with Crippen molar-refractivity contribution in [3.8, 4) is 5.69 Å². The molecule has 3 aromatic heterocycles. The van der Waals surface area contributed by atoms with Crippen LogP contribution in [0.15, 0.2) is 45.9 Å². The number of rotatable bonds is 3. The molecule has 3 aromatic rings. The van der Waals surface area contributed by atoms with E-state index in [1.54, 1.807) is 42.1 Å². The minimum atomic E-state index is -0.402. The Labute approximate surface area is 138 Å². The van der Waals surface area contributed by atoms with Crippen molar-refractivity contribution in [2.24, 2.45) is 0 Å². The number of hydrogen-bond acceptors (Lipinski definition) is 5. The molecule has 0 aromatic carbocycles. The van der Waals surface area contributed by atoms with Crippen LogP contribution in [-0.2, 0) is 4.74 Å². The van der Waals surface area contributed by atoms with Gasteiger partial charge in [0.2, 0.25) is 0 Å². The monoisotopic (exact) mass is 378 g/mol. The first-order valence-corrected chi connectivity index (χ1v) is 8.16. The van der Waals surface area contributed by atoms with E-state index in [0.717, 1.165) is 5.39 Å². The Morgan fingerprint density at radius 1 is 1.41 bits per heavy atom. The van der Waals surface area contributed by atoms with E-state index in [1.807, 2.05) is 0 Å². The van der Waals surface area contributed by atoms with Gasteiger partial charge >= 0.3 is 5.97 Å². The predicted octanol–water partition coefficient (Wildman–Crippen LogP) is 3.39. The first kappa shape index (κ1) is 14.9. The number of carbonyl (C=O) groups excluding carboxylic acids is 1. The summed E-state index contributed by atoms with van der Waals surface area (Å²) < 4.78 is 7.24. The number of carbonyl (C=O) groups is 1.